The molecule has 0 bridgehead atoms. The van der Waals surface area contributed by atoms with Crippen molar-refractivity contribution in [2.75, 3.05) is 5.32 Å². The van der Waals surface area contributed by atoms with Gasteiger partial charge in [0.2, 0.25) is 0 Å². The number of para-hydroxylation sites is 1. The van der Waals surface area contributed by atoms with Gasteiger partial charge >= 0.3 is 0 Å². The van der Waals surface area contributed by atoms with Crippen molar-refractivity contribution in [1.29, 1.82) is 0 Å². The first-order chi connectivity index (χ1) is 9.26. The lowest BCUT2D eigenvalue weighted by molar-refractivity contribution is 0.330. The summed E-state index contributed by atoms with van der Waals surface area (Å²) in [6.07, 6.45) is 6.68. The van der Waals surface area contributed by atoms with E-state index in [9.17, 15) is 0 Å². The van der Waals surface area contributed by atoms with Crippen LogP contribution in [0.15, 0.2) is 18.2 Å². The number of hydrogen-bond donors (Lipinski definition) is 1. The Kier molecular flexibility index (Phi) is 3.74. The second kappa shape index (κ2) is 5.49. The van der Waals surface area contributed by atoms with Crippen LogP contribution in [0.4, 0.5) is 5.13 Å². The molecule has 0 aliphatic heterocycles. The second-order valence-electron chi connectivity index (χ2n) is 5.71. The van der Waals surface area contributed by atoms with E-state index in [1.807, 2.05) is 0 Å². The topological polar surface area (TPSA) is 24.9 Å². The van der Waals surface area contributed by atoms with Crippen molar-refractivity contribution >= 4 is 26.7 Å². The minimum Gasteiger partial charge on any atom is -0.359 e. The predicted molar refractivity (Wildman–Crippen MR) is 84.0 cm³/mol. The van der Waals surface area contributed by atoms with Gasteiger partial charge in [-0.1, -0.05) is 36.8 Å². The van der Waals surface area contributed by atoms with Crippen LogP contribution in [0.1, 0.15) is 44.6 Å². The fourth-order valence-electron chi connectivity index (χ4n) is 3.04. The van der Waals surface area contributed by atoms with Crippen LogP contribution in [0.3, 0.4) is 0 Å². The highest BCUT2D eigenvalue weighted by Crippen LogP contribution is 2.32. The summed E-state index contributed by atoms with van der Waals surface area (Å²) in [5.74, 6) is 0.954. The number of thiazole rings is 1. The molecule has 0 atom stereocenters. The monoisotopic (exact) mass is 274 g/mol. The minimum absolute atomic E-state index is 0.628. The summed E-state index contributed by atoms with van der Waals surface area (Å²) >= 11 is 1.79. The van der Waals surface area contributed by atoms with Crippen LogP contribution in [0.5, 0.6) is 0 Å². The number of fused-ring (bicyclic) bond motifs is 1. The lowest BCUT2D eigenvalue weighted by atomic mass is 9.85. The highest BCUT2D eigenvalue weighted by Gasteiger charge is 2.20. The summed E-state index contributed by atoms with van der Waals surface area (Å²) in [6.45, 7) is 4.45. The van der Waals surface area contributed by atoms with Crippen molar-refractivity contribution in [3.63, 3.8) is 0 Å². The van der Waals surface area contributed by atoms with Crippen molar-refractivity contribution < 1.29 is 0 Å². The van der Waals surface area contributed by atoms with Gasteiger partial charge < -0.3 is 5.32 Å². The van der Waals surface area contributed by atoms with Crippen molar-refractivity contribution in [3.05, 3.63) is 23.8 Å². The van der Waals surface area contributed by atoms with Crippen molar-refractivity contribution in [2.45, 2.75) is 52.0 Å². The fraction of sp³-hybridized carbons (Fsp3) is 0.562. The summed E-state index contributed by atoms with van der Waals surface area (Å²) in [5, 5.41) is 4.75. The third-order valence-electron chi connectivity index (χ3n) is 4.37. The van der Waals surface area contributed by atoms with Gasteiger partial charge in [0.05, 0.1) is 10.2 Å². The van der Waals surface area contributed by atoms with Crippen molar-refractivity contribution in [1.82, 2.24) is 4.98 Å². The van der Waals surface area contributed by atoms with Gasteiger partial charge in [0.15, 0.2) is 5.13 Å². The number of rotatable bonds is 3. The quantitative estimate of drug-likeness (QED) is 0.853. The molecule has 1 aromatic carbocycles. The van der Waals surface area contributed by atoms with Gasteiger partial charge in [0.1, 0.15) is 0 Å². The maximum Gasteiger partial charge on any atom is 0.184 e. The van der Waals surface area contributed by atoms with E-state index in [2.05, 4.69) is 37.4 Å². The number of nitrogens with one attached hydrogen (secondary N) is 1. The molecule has 1 heterocycles. The van der Waals surface area contributed by atoms with E-state index in [4.69, 9.17) is 4.98 Å². The lowest BCUT2D eigenvalue weighted by Crippen LogP contribution is -2.25. The van der Waals surface area contributed by atoms with Crippen LogP contribution in [0.2, 0.25) is 0 Å². The van der Waals surface area contributed by atoms with E-state index >= 15 is 0 Å². The molecule has 1 aliphatic rings. The third-order valence-corrected chi connectivity index (χ3v) is 5.32. The highest BCUT2D eigenvalue weighted by molar-refractivity contribution is 7.22. The molecule has 2 nitrogen and oxygen atoms in total. The summed E-state index contributed by atoms with van der Waals surface area (Å²) in [7, 11) is 0. The molecule has 1 fully saturated rings. The van der Waals surface area contributed by atoms with E-state index in [-0.39, 0.29) is 0 Å². The first kappa shape index (κ1) is 12.9. The molecule has 0 unspecified atom stereocenters. The van der Waals surface area contributed by atoms with Crippen LogP contribution >= 0.6 is 11.3 Å². The molecule has 0 saturated heterocycles. The maximum atomic E-state index is 4.75. The Morgan fingerprint density at radius 2 is 2.05 bits per heavy atom. The summed E-state index contributed by atoms with van der Waals surface area (Å²) < 4.78 is 1.30. The molecular formula is C16H22N2S. The van der Waals surface area contributed by atoms with Gasteiger partial charge in [-0.2, -0.15) is 0 Å². The van der Waals surface area contributed by atoms with Crippen LogP contribution in [0, 0.1) is 12.8 Å². The molecule has 3 rings (SSSR count). The normalized spacial score (nSPS) is 23.7. The fourth-order valence-corrected chi connectivity index (χ4v) is 4.06. The van der Waals surface area contributed by atoms with Crippen LogP contribution in [-0.4, -0.2) is 11.0 Å². The zero-order chi connectivity index (χ0) is 13.2. The Balaban J connectivity index is 1.70. The minimum atomic E-state index is 0.628. The molecule has 19 heavy (non-hydrogen) atoms. The van der Waals surface area contributed by atoms with E-state index in [0.29, 0.717) is 6.04 Å². The molecule has 1 saturated carbocycles. The number of aryl methyl sites for hydroxylation is 1. The third kappa shape index (κ3) is 2.76. The zero-order valence-electron chi connectivity index (χ0n) is 11.8. The molecular weight excluding hydrogens is 252 g/mol. The smallest absolute Gasteiger partial charge is 0.184 e. The Morgan fingerprint density at radius 1 is 1.26 bits per heavy atom. The Bertz CT molecular complexity index is 553. The largest absolute Gasteiger partial charge is 0.359 e. The average molecular weight is 274 g/mol. The summed E-state index contributed by atoms with van der Waals surface area (Å²) in [4.78, 5) is 4.75. The van der Waals surface area contributed by atoms with Gasteiger partial charge in [-0.15, -0.1) is 0 Å². The van der Waals surface area contributed by atoms with E-state index in [1.165, 1.54) is 42.4 Å². The number of anilines is 1. The molecule has 1 aromatic heterocycles. The number of benzene rings is 1. The predicted octanol–water partition coefficient (Wildman–Crippen LogP) is 4.99. The van der Waals surface area contributed by atoms with E-state index in [1.54, 1.807) is 11.3 Å². The Labute approximate surface area is 119 Å². The maximum absolute atomic E-state index is 4.75. The number of aromatic nitrogens is 1. The summed E-state index contributed by atoms with van der Waals surface area (Å²) in [6, 6.07) is 7.05. The molecule has 0 radical (unpaired) electrons. The van der Waals surface area contributed by atoms with Gasteiger partial charge in [-0.3, -0.25) is 0 Å². The molecule has 2 aromatic rings. The highest BCUT2D eigenvalue weighted by atomic mass is 32.1. The van der Waals surface area contributed by atoms with Gasteiger partial charge in [0, 0.05) is 6.04 Å². The zero-order valence-corrected chi connectivity index (χ0v) is 12.6. The van der Waals surface area contributed by atoms with Gasteiger partial charge in [0.25, 0.3) is 0 Å². The second-order valence-corrected chi connectivity index (χ2v) is 6.74. The number of hydrogen-bond acceptors (Lipinski definition) is 3. The van der Waals surface area contributed by atoms with Crippen LogP contribution in [0.25, 0.3) is 10.2 Å². The van der Waals surface area contributed by atoms with Crippen LogP contribution < -0.4 is 5.32 Å². The van der Waals surface area contributed by atoms with Crippen molar-refractivity contribution in [2.24, 2.45) is 5.92 Å². The molecule has 102 valence electrons. The van der Waals surface area contributed by atoms with Gasteiger partial charge in [-0.25, -0.2) is 4.98 Å². The average Bonchev–Trinajstić information content (AvgIpc) is 2.84. The standard InChI is InChI=1S/C16H22N2S/c1-3-12-7-9-13(10-8-12)17-16-18-15-11(2)5-4-6-14(15)19-16/h4-6,12-13H,3,7-10H2,1-2H3,(H,17,18). The Morgan fingerprint density at radius 3 is 2.74 bits per heavy atom. The molecule has 0 spiro atoms. The lowest BCUT2D eigenvalue weighted by Gasteiger charge is -2.28. The SMILES string of the molecule is CCC1CCC(Nc2nc3c(C)cccc3s2)CC1. The first-order valence-corrected chi connectivity index (χ1v) is 8.20. The van der Waals surface area contributed by atoms with E-state index < -0.39 is 0 Å². The number of nitrogens with zero attached hydrogens (tertiary/aromatic N) is 1. The molecule has 1 aliphatic carbocycles. The van der Waals surface area contributed by atoms with Crippen molar-refractivity contribution in [3.8, 4) is 0 Å². The van der Waals surface area contributed by atoms with Gasteiger partial charge in [-0.05, 0) is 50.2 Å². The first-order valence-electron chi connectivity index (χ1n) is 7.39. The Hall–Kier alpha value is -1.09. The summed E-state index contributed by atoms with van der Waals surface area (Å²) in [5.41, 5.74) is 2.44. The molecule has 0 amide bonds. The van der Waals surface area contributed by atoms with E-state index in [0.717, 1.165) is 16.6 Å². The molecule has 3 heteroatoms. The molecule has 1 N–H and O–H groups in total. The van der Waals surface area contributed by atoms with Crippen LogP contribution in [-0.2, 0) is 0 Å².